The average molecular weight is 278 g/mol. The molecule has 4 N–H and O–H groups in total. The van der Waals surface area contributed by atoms with Crippen LogP contribution in [0.3, 0.4) is 0 Å². The van der Waals surface area contributed by atoms with E-state index in [1.54, 1.807) is 0 Å². The number of hydrogen-bond donors (Lipinski definition) is 2. The largest absolute Gasteiger partial charge is 0.399 e. The SMILES string of the molecule is C[N+]1(CCOCCCc2ccc(N)cc2N)CCCC1. The molecular weight excluding hydrogens is 250 g/mol. The zero-order chi connectivity index (χ0) is 14.4. The fourth-order valence-corrected chi connectivity index (χ4v) is 2.92. The number of nitrogen functional groups attached to an aromatic ring is 2. The highest BCUT2D eigenvalue weighted by molar-refractivity contribution is 5.56. The Bertz CT molecular complexity index is 428. The number of likely N-dealkylation sites (tertiary alicyclic amines) is 1. The lowest BCUT2D eigenvalue weighted by Gasteiger charge is -2.28. The average Bonchev–Trinajstić information content (AvgIpc) is 2.83. The van der Waals surface area contributed by atoms with Crippen molar-refractivity contribution in [3.05, 3.63) is 23.8 Å². The highest BCUT2D eigenvalue weighted by atomic mass is 16.5. The predicted octanol–water partition coefficient (Wildman–Crippen LogP) is 2.04. The summed E-state index contributed by atoms with van der Waals surface area (Å²) in [5.74, 6) is 0. The molecule has 0 spiro atoms. The van der Waals surface area contributed by atoms with Crippen LogP contribution in [0.25, 0.3) is 0 Å². The Morgan fingerprint density at radius 2 is 1.90 bits per heavy atom. The maximum absolute atomic E-state index is 5.94. The van der Waals surface area contributed by atoms with Crippen molar-refractivity contribution in [3.63, 3.8) is 0 Å². The maximum atomic E-state index is 5.94. The van der Waals surface area contributed by atoms with Crippen LogP contribution in [0.4, 0.5) is 11.4 Å². The second-order valence-corrected chi connectivity index (χ2v) is 6.17. The summed E-state index contributed by atoms with van der Waals surface area (Å²) < 4.78 is 6.95. The van der Waals surface area contributed by atoms with Crippen LogP contribution in [0.5, 0.6) is 0 Å². The highest BCUT2D eigenvalue weighted by Crippen LogP contribution is 2.17. The van der Waals surface area contributed by atoms with Crippen LogP contribution >= 0.6 is 0 Å². The fourth-order valence-electron chi connectivity index (χ4n) is 2.92. The molecule has 2 rings (SSSR count). The van der Waals surface area contributed by atoms with Gasteiger partial charge in [0, 0.05) is 30.8 Å². The van der Waals surface area contributed by atoms with Crippen molar-refractivity contribution in [3.8, 4) is 0 Å². The van der Waals surface area contributed by atoms with Gasteiger partial charge in [-0.3, -0.25) is 0 Å². The second kappa shape index (κ2) is 6.95. The van der Waals surface area contributed by atoms with Crippen LogP contribution in [-0.2, 0) is 11.2 Å². The van der Waals surface area contributed by atoms with Gasteiger partial charge in [-0.05, 0) is 30.5 Å². The third-order valence-corrected chi connectivity index (χ3v) is 4.33. The number of anilines is 2. The Balaban J connectivity index is 1.59. The molecule has 0 bridgehead atoms. The zero-order valence-corrected chi connectivity index (χ0v) is 12.6. The Morgan fingerprint density at radius 1 is 1.15 bits per heavy atom. The Morgan fingerprint density at radius 3 is 2.60 bits per heavy atom. The molecule has 1 aliphatic rings. The Hall–Kier alpha value is -1.26. The van der Waals surface area contributed by atoms with Crippen LogP contribution in [0, 0.1) is 0 Å². The zero-order valence-electron chi connectivity index (χ0n) is 12.6. The third kappa shape index (κ3) is 4.39. The van der Waals surface area contributed by atoms with Crippen molar-refractivity contribution in [2.75, 3.05) is 51.4 Å². The van der Waals surface area contributed by atoms with Gasteiger partial charge >= 0.3 is 0 Å². The summed E-state index contributed by atoms with van der Waals surface area (Å²) in [6.07, 6.45) is 4.70. The minimum absolute atomic E-state index is 0.727. The molecule has 112 valence electrons. The van der Waals surface area contributed by atoms with Crippen LogP contribution in [-0.4, -0.2) is 44.4 Å². The summed E-state index contributed by atoms with van der Waals surface area (Å²) >= 11 is 0. The minimum atomic E-state index is 0.727. The monoisotopic (exact) mass is 278 g/mol. The van der Waals surface area contributed by atoms with E-state index in [2.05, 4.69) is 7.05 Å². The highest BCUT2D eigenvalue weighted by Gasteiger charge is 2.25. The fraction of sp³-hybridized carbons (Fsp3) is 0.625. The van der Waals surface area contributed by atoms with Gasteiger partial charge in [0.15, 0.2) is 0 Å². The summed E-state index contributed by atoms with van der Waals surface area (Å²) in [7, 11) is 2.34. The minimum Gasteiger partial charge on any atom is -0.399 e. The van der Waals surface area contributed by atoms with E-state index in [4.69, 9.17) is 16.2 Å². The first-order valence-corrected chi connectivity index (χ1v) is 7.64. The molecule has 1 aliphatic heterocycles. The molecular formula is C16H28N3O+. The molecule has 0 amide bonds. The smallest absolute Gasteiger partial charge is 0.102 e. The van der Waals surface area contributed by atoms with Gasteiger partial charge < -0.3 is 20.7 Å². The van der Waals surface area contributed by atoms with Crippen molar-refractivity contribution in [2.24, 2.45) is 0 Å². The number of benzene rings is 1. The Labute approximate surface area is 122 Å². The number of ether oxygens (including phenoxy) is 1. The lowest BCUT2D eigenvalue weighted by Crippen LogP contribution is -2.43. The molecule has 1 heterocycles. The van der Waals surface area contributed by atoms with Gasteiger partial charge in [0.1, 0.15) is 6.54 Å². The first-order valence-electron chi connectivity index (χ1n) is 7.64. The summed E-state index contributed by atoms with van der Waals surface area (Å²) in [6, 6.07) is 5.75. The molecule has 0 aromatic heterocycles. The first kappa shape index (κ1) is 15.1. The molecule has 0 radical (unpaired) electrons. The molecule has 20 heavy (non-hydrogen) atoms. The van der Waals surface area contributed by atoms with E-state index in [0.717, 1.165) is 44.0 Å². The van der Waals surface area contributed by atoms with E-state index in [1.165, 1.54) is 36.0 Å². The summed E-state index contributed by atoms with van der Waals surface area (Å²) in [6.45, 7) is 5.44. The van der Waals surface area contributed by atoms with Gasteiger partial charge in [-0.2, -0.15) is 0 Å². The molecule has 0 unspecified atom stereocenters. The number of quaternary nitrogens is 1. The summed E-state index contributed by atoms with van der Waals surface area (Å²) in [5, 5.41) is 0. The van der Waals surface area contributed by atoms with Gasteiger partial charge in [-0.25, -0.2) is 0 Å². The van der Waals surface area contributed by atoms with Crippen molar-refractivity contribution in [2.45, 2.75) is 25.7 Å². The van der Waals surface area contributed by atoms with Crippen LogP contribution < -0.4 is 11.5 Å². The molecule has 4 heteroatoms. The number of nitrogens with two attached hydrogens (primary N) is 2. The standard InChI is InChI=1S/C16H28N3O/c1-19(8-2-3-9-19)10-12-20-11-4-5-14-6-7-15(17)13-16(14)18/h6-7,13H,2-5,8-12,17-18H2,1H3/q+1. The van der Waals surface area contributed by atoms with E-state index < -0.39 is 0 Å². The number of likely N-dealkylation sites (N-methyl/N-ethyl adjacent to an activating group) is 1. The lowest BCUT2D eigenvalue weighted by molar-refractivity contribution is -0.898. The van der Waals surface area contributed by atoms with Crippen molar-refractivity contribution in [1.29, 1.82) is 0 Å². The van der Waals surface area contributed by atoms with Crippen molar-refractivity contribution < 1.29 is 9.22 Å². The molecule has 1 aromatic rings. The molecule has 1 fully saturated rings. The van der Waals surface area contributed by atoms with E-state index in [0.29, 0.717) is 0 Å². The summed E-state index contributed by atoms with van der Waals surface area (Å²) in [4.78, 5) is 0. The second-order valence-electron chi connectivity index (χ2n) is 6.17. The van der Waals surface area contributed by atoms with Crippen LogP contribution in [0.15, 0.2) is 18.2 Å². The number of nitrogens with zero attached hydrogens (tertiary/aromatic N) is 1. The molecule has 1 aromatic carbocycles. The number of aryl methyl sites for hydroxylation is 1. The van der Waals surface area contributed by atoms with Crippen LogP contribution in [0.1, 0.15) is 24.8 Å². The molecule has 1 saturated heterocycles. The lowest BCUT2D eigenvalue weighted by atomic mass is 10.1. The quantitative estimate of drug-likeness (QED) is 0.456. The molecule has 0 saturated carbocycles. The topological polar surface area (TPSA) is 61.3 Å². The maximum Gasteiger partial charge on any atom is 0.102 e. The number of rotatable bonds is 7. The molecule has 4 nitrogen and oxygen atoms in total. The van der Waals surface area contributed by atoms with E-state index in [9.17, 15) is 0 Å². The van der Waals surface area contributed by atoms with Crippen molar-refractivity contribution in [1.82, 2.24) is 0 Å². The van der Waals surface area contributed by atoms with Gasteiger partial charge in [-0.15, -0.1) is 0 Å². The predicted molar refractivity (Wildman–Crippen MR) is 84.4 cm³/mol. The molecule has 0 atom stereocenters. The van der Waals surface area contributed by atoms with Crippen molar-refractivity contribution >= 4 is 11.4 Å². The first-order chi connectivity index (χ1) is 9.59. The molecule has 0 aliphatic carbocycles. The normalized spacial score (nSPS) is 17.4. The Kier molecular flexibility index (Phi) is 5.26. The van der Waals surface area contributed by atoms with Gasteiger partial charge in [0.2, 0.25) is 0 Å². The third-order valence-electron chi connectivity index (χ3n) is 4.33. The number of hydrogen-bond acceptors (Lipinski definition) is 3. The summed E-state index contributed by atoms with van der Waals surface area (Å²) in [5.41, 5.74) is 14.3. The van der Waals surface area contributed by atoms with E-state index >= 15 is 0 Å². The van der Waals surface area contributed by atoms with Gasteiger partial charge in [0.25, 0.3) is 0 Å². The van der Waals surface area contributed by atoms with Gasteiger partial charge in [-0.1, -0.05) is 6.07 Å². The van der Waals surface area contributed by atoms with Gasteiger partial charge in [0.05, 0.1) is 26.7 Å². The van der Waals surface area contributed by atoms with E-state index in [1.807, 2.05) is 18.2 Å². The van der Waals surface area contributed by atoms with E-state index in [-0.39, 0.29) is 0 Å². The van der Waals surface area contributed by atoms with Crippen LogP contribution in [0.2, 0.25) is 0 Å².